The fourth-order valence-electron chi connectivity index (χ4n) is 4.49. The predicted molar refractivity (Wildman–Crippen MR) is 119 cm³/mol. The summed E-state index contributed by atoms with van der Waals surface area (Å²) in [5, 5.41) is 32.0. The van der Waals surface area contributed by atoms with Gasteiger partial charge in [0.15, 0.2) is 0 Å². The van der Waals surface area contributed by atoms with E-state index >= 15 is 0 Å². The summed E-state index contributed by atoms with van der Waals surface area (Å²) >= 11 is 0. The second kappa shape index (κ2) is 13.6. The van der Waals surface area contributed by atoms with E-state index < -0.39 is 18.3 Å². The van der Waals surface area contributed by atoms with Crippen LogP contribution in [0.4, 0.5) is 0 Å². The first kappa shape index (κ1) is 27.3. The molecule has 0 aliphatic carbocycles. The second-order valence-electron chi connectivity index (χ2n) is 9.42. The number of carbonyl (C=O) groups is 1. The highest BCUT2D eigenvalue weighted by Gasteiger charge is 2.43. The molecule has 178 valence electrons. The maximum absolute atomic E-state index is 11.5. The highest BCUT2D eigenvalue weighted by Crippen LogP contribution is 2.28. The molecule has 7 atom stereocenters. The van der Waals surface area contributed by atoms with E-state index in [1.807, 2.05) is 27.8 Å². The number of ether oxygens (including phenoxy) is 1. The van der Waals surface area contributed by atoms with E-state index in [0.29, 0.717) is 18.8 Å². The minimum atomic E-state index is -1.09. The third kappa shape index (κ3) is 8.08. The Labute approximate surface area is 183 Å². The molecule has 2 rings (SSSR count). The number of likely N-dealkylation sites (N-methyl/N-ethyl adjacent to an activating group) is 2. The molecule has 2 fully saturated rings. The van der Waals surface area contributed by atoms with Crippen molar-refractivity contribution in [1.29, 1.82) is 0 Å². The Morgan fingerprint density at radius 2 is 1.70 bits per heavy atom. The first-order valence-corrected chi connectivity index (χ1v) is 11.8. The molecule has 7 nitrogen and oxygen atoms in total. The fourth-order valence-corrected chi connectivity index (χ4v) is 4.49. The monoisotopic (exact) mass is 430 g/mol. The van der Waals surface area contributed by atoms with Crippen LogP contribution in [0.5, 0.6) is 0 Å². The van der Waals surface area contributed by atoms with Crippen LogP contribution < -0.4 is 5.32 Å². The van der Waals surface area contributed by atoms with Crippen LogP contribution in [0.1, 0.15) is 72.6 Å². The van der Waals surface area contributed by atoms with Crippen molar-refractivity contribution in [3.8, 4) is 0 Å². The van der Waals surface area contributed by atoms with Gasteiger partial charge in [0.05, 0.1) is 18.2 Å². The number of nitrogens with zero attached hydrogens (tertiary/aromatic N) is 1. The summed E-state index contributed by atoms with van der Waals surface area (Å²) in [7, 11) is 3.77. The third-order valence-corrected chi connectivity index (χ3v) is 6.24. The molecule has 0 bridgehead atoms. The average Bonchev–Trinajstić information content (AvgIpc) is 3.08. The standard InChI is InChI=1S/C12H24O4.C11H22N2O/c1-4-5-8-10(13)12(15)11(14)9(16-8)6-7(2)3;1-4-5-6-9-7-10(11(14)12-2)13(3)8-9/h7-15H,4-6H2,1-3H3;9-10H,4-8H2,1-3H3,(H,12,14)/t8-,9-,10+,11+,12-;9?,10-/m10/s1. The van der Waals surface area contributed by atoms with Crippen LogP contribution in [-0.2, 0) is 9.53 Å². The highest BCUT2D eigenvalue weighted by molar-refractivity contribution is 5.81. The number of hydrogen-bond donors (Lipinski definition) is 4. The van der Waals surface area contributed by atoms with E-state index in [1.54, 1.807) is 7.05 Å². The quantitative estimate of drug-likeness (QED) is 0.469. The van der Waals surface area contributed by atoms with Crippen LogP contribution in [0.25, 0.3) is 0 Å². The Bertz CT molecular complexity index is 490. The molecule has 2 heterocycles. The lowest BCUT2D eigenvalue weighted by atomic mass is 9.89. The number of nitrogens with one attached hydrogen (secondary N) is 1. The van der Waals surface area contributed by atoms with Crippen LogP contribution in [0.15, 0.2) is 0 Å². The molecule has 7 heteroatoms. The normalized spacial score (nSPS) is 34.5. The minimum Gasteiger partial charge on any atom is -0.388 e. The molecule has 2 aliphatic heterocycles. The van der Waals surface area contributed by atoms with Crippen molar-refractivity contribution < 1.29 is 24.9 Å². The van der Waals surface area contributed by atoms with Gasteiger partial charge < -0.3 is 25.4 Å². The SMILES string of the molecule is CCCCC1C[C@@H](C(=O)NC)N(C)C1.CCC[C@H]1O[C@H](CC(C)C)[C@H](O)[C@H](O)[C@H]1O. The fraction of sp³-hybridized carbons (Fsp3) is 0.957. The molecule has 0 spiro atoms. The first-order valence-electron chi connectivity index (χ1n) is 11.8. The van der Waals surface area contributed by atoms with Crippen LogP contribution in [0, 0.1) is 11.8 Å². The van der Waals surface area contributed by atoms with E-state index in [1.165, 1.54) is 19.3 Å². The minimum absolute atomic E-state index is 0.113. The van der Waals surface area contributed by atoms with Gasteiger partial charge in [-0.3, -0.25) is 9.69 Å². The van der Waals surface area contributed by atoms with Crippen LogP contribution in [0.3, 0.4) is 0 Å². The molecule has 4 N–H and O–H groups in total. The van der Waals surface area contributed by atoms with Crippen LogP contribution in [0.2, 0.25) is 0 Å². The lowest BCUT2D eigenvalue weighted by molar-refractivity contribution is -0.226. The lowest BCUT2D eigenvalue weighted by Gasteiger charge is -2.41. The molecule has 2 aliphatic rings. The van der Waals surface area contributed by atoms with E-state index in [-0.39, 0.29) is 24.2 Å². The van der Waals surface area contributed by atoms with Crippen molar-refractivity contribution in [2.24, 2.45) is 11.8 Å². The highest BCUT2D eigenvalue weighted by atomic mass is 16.5. The van der Waals surface area contributed by atoms with Gasteiger partial charge in [0.2, 0.25) is 5.91 Å². The van der Waals surface area contributed by atoms with Gasteiger partial charge in [0.1, 0.15) is 18.3 Å². The van der Waals surface area contributed by atoms with Crippen molar-refractivity contribution in [2.75, 3.05) is 20.6 Å². The number of unbranched alkanes of at least 4 members (excludes halogenated alkanes) is 1. The summed E-state index contributed by atoms with van der Waals surface area (Å²) in [6, 6.07) is 0.113. The summed E-state index contributed by atoms with van der Waals surface area (Å²) in [4.78, 5) is 13.7. The average molecular weight is 431 g/mol. The van der Waals surface area contributed by atoms with Gasteiger partial charge in [-0.15, -0.1) is 0 Å². The molecule has 0 aromatic heterocycles. The molecular formula is C23H46N2O5. The summed E-state index contributed by atoms with van der Waals surface area (Å²) < 4.78 is 5.67. The van der Waals surface area contributed by atoms with E-state index in [9.17, 15) is 20.1 Å². The lowest BCUT2D eigenvalue weighted by Crippen LogP contribution is -2.57. The number of carbonyl (C=O) groups excluding carboxylic acids is 1. The maximum atomic E-state index is 11.5. The molecule has 1 unspecified atom stereocenters. The zero-order valence-corrected chi connectivity index (χ0v) is 19.9. The number of rotatable bonds is 8. The Morgan fingerprint density at radius 1 is 1.07 bits per heavy atom. The Kier molecular flexibility index (Phi) is 12.4. The Hall–Kier alpha value is -0.730. The van der Waals surface area contributed by atoms with Gasteiger partial charge in [-0.25, -0.2) is 0 Å². The Balaban J connectivity index is 0.000000303. The van der Waals surface area contributed by atoms with Crippen molar-refractivity contribution in [3.63, 3.8) is 0 Å². The zero-order valence-electron chi connectivity index (χ0n) is 19.9. The van der Waals surface area contributed by atoms with Crippen LogP contribution >= 0.6 is 0 Å². The summed E-state index contributed by atoms with van der Waals surface area (Å²) in [6.45, 7) is 9.39. The first-order chi connectivity index (χ1) is 14.2. The predicted octanol–water partition coefficient (Wildman–Crippen LogP) is 1.93. The van der Waals surface area contributed by atoms with Gasteiger partial charge in [-0.1, -0.05) is 47.0 Å². The topological polar surface area (TPSA) is 102 Å². The van der Waals surface area contributed by atoms with Gasteiger partial charge >= 0.3 is 0 Å². The smallest absolute Gasteiger partial charge is 0.237 e. The van der Waals surface area contributed by atoms with Gasteiger partial charge in [0, 0.05) is 13.6 Å². The number of aliphatic hydroxyl groups is 3. The van der Waals surface area contributed by atoms with E-state index in [2.05, 4.69) is 17.1 Å². The molecule has 0 saturated carbocycles. The van der Waals surface area contributed by atoms with E-state index in [0.717, 1.165) is 25.3 Å². The molecule has 2 saturated heterocycles. The second-order valence-corrected chi connectivity index (χ2v) is 9.42. The summed E-state index contributed by atoms with van der Waals surface area (Å²) in [6.07, 6.45) is 3.39. The summed E-state index contributed by atoms with van der Waals surface area (Å²) in [5.41, 5.74) is 0. The Morgan fingerprint density at radius 3 is 2.23 bits per heavy atom. The molecule has 30 heavy (non-hydrogen) atoms. The molecule has 0 aromatic carbocycles. The van der Waals surface area contributed by atoms with Crippen LogP contribution in [-0.4, -0.2) is 83.3 Å². The summed E-state index contributed by atoms with van der Waals surface area (Å²) in [5.74, 6) is 1.29. The molecule has 0 aromatic rings. The number of aliphatic hydroxyl groups excluding tert-OH is 3. The maximum Gasteiger partial charge on any atom is 0.237 e. The van der Waals surface area contributed by atoms with Gasteiger partial charge in [-0.2, -0.15) is 0 Å². The van der Waals surface area contributed by atoms with Crippen molar-refractivity contribution >= 4 is 5.91 Å². The zero-order chi connectivity index (χ0) is 22.8. The third-order valence-electron chi connectivity index (χ3n) is 6.24. The number of likely N-dealkylation sites (tertiary alicyclic amines) is 1. The van der Waals surface area contributed by atoms with E-state index in [4.69, 9.17) is 4.74 Å². The largest absolute Gasteiger partial charge is 0.388 e. The number of hydrogen-bond acceptors (Lipinski definition) is 6. The van der Waals surface area contributed by atoms with Crippen molar-refractivity contribution in [1.82, 2.24) is 10.2 Å². The molecule has 0 radical (unpaired) electrons. The number of amides is 1. The molecule has 1 amide bonds. The van der Waals surface area contributed by atoms with Crippen molar-refractivity contribution in [3.05, 3.63) is 0 Å². The van der Waals surface area contributed by atoms with Crippen molar-refractivity contribution in [2.45, 2.75) is 109 Å². The van der Waals surface area contributed by atoms with Gasteiger partial charge in [-0.05, 0) is 44.6 Å². The molecular weight excluding hydrogens is 384 g/mol. The van der Waals surface area contributed by atoms with Gasteiger partial charge in [0.25, 0.3) is 0 Å².